The molecule has 0 saturated carbocycles. The van der Waals surface area contributed by atoms with Crippen molar-refractivity contribution in [3.05, 3.63) is 30.3 Å². The summed E-state index contributed by atoms with van der Waals surface area (Å²) in [6.07, 6.45) is 2.39. The van der Waals surface area contributed by atoms with Gasteiger partial charge < -0.3 is 9.64 Å². The van der Waals surface area contributed by atoms with Gasteiger partial charge in [0.1, 0.15) is 5.60 Å². The molecule has 1 heterocycles. The van der Waals surface area contributed by atoms with Gasteiger partial charge in [0.25, 0.3) is 0 Å². The molecule has 5 nitrogen and oxygen atoms in total. The van der Waals surface area contributed by atoms with Gasteiger partial charge in [-0.25, -0.2) is 9.59 Å². The van der Waals surface area contributed by atoms with Crippen LogP contribution in [0.15, 0.2) is 24.3 Å². The molecular weight excluding hydrogens is 280 g/mol. The van der Waals surface area contributed by atoms with Crippen molar-refractivity contribution in [2.24, 2.45) is 0 Å². The molecule has 1 aliphatic heterocycles. The predicted octanol–water partition coefficient (Wildman–Crippen LogP) is 3.83. The molecule has 1 aliphatic rings. The van der Waals surface area contributed by atoms with Crippen LogP contribution in [0.5, 0.6) is 0 Å². The van der Waals surface area contributed by atoms with Gasteiger partial charge in [0.2, 0.25) is 0 Å². The van der Waals surface area contributed by atoms with E-state index in [2.05, 4.69) is 6.07 Å². The molecular formula is C17H23N2O3. The lowest BCUT2D eigenvalue weighted by molar-refractivity contribution is 0.0583. The topological polar surface area (TPSA) is 49.9 Å². The second kappa shape index (κ2) is 6.81. The molecule has 1 aromatic rings. The highest BCUT2D eigenvalue weighted by Crippen LogP contribution is 2.21. The number of hydrogen-bond donors (Lipinski definition) is 0. The number of urea groups is 1. The first-order chi connectivity index (χ1) is 10.4. The van der Waals surface area contributed by atoms with E-state index in [4.69, 9.17) is 4.74 Å². The monoisotopic (exact) mass is 303 g/mol. The van der Waals surface area contributed by atoms with E-state index in [1.165, 1.54) is 0 Å². The molecule has 0 bridgehead atoms. The molecule has 0 unspecified atom stereocenters. The molecule has 1 radical (unpaired) electrons. The zero-order valence-corrected chi connectivity index (χ0v) is 13.5. The van der Waals surface area contributed by atoms with E-state index in [1.807, 2.05) is 0 Å². The van der Waals surface area contributed by atoms with Gasteiger partial charge in [-0.1, -0.05) is 18.2 Å². The van der Waals surface area contributed by atoms with Gasteiger partial charge in [-0.3, -0.25) is 0 Å². The first-order valence-electron chi connectivity index (χ1n) is 7.67. The molecule has 1 saturated heterocycles. The third kappa shape index (κ3) is 4.23. The summed E-state index contributed by atoms with van der Waals surface area (Å²) in [5.74, 6) is 0. The largest absolute Gasteiger partial charge is 0.443 e. The number of ether oxygens (including phenoxy) is 1. The Bertz CT molecular complexity index is 516. The Balaban J connectivity index is 2.25. The molecule has 1 aromatic carbocycles. The molecule has 0 aromatic heterocycles. The van der Waals surface area contributed by atoms with Crippen LogP contribution in [0.4, 0.5) is 15.3 Å². The minimum absolute atomic E-state index is 0.337. The Morgan fingerprint density at radius 3 is 2.41 bits per heavy atom. The van der Waals surface area contributed by atoms with Gasteiger partial charge in [-0.15, -0.1) is 0 Å². The van der Waals surface area contributed by atoms with Crippen LogP contribution in [0.3, 0.4) is 0 Å². The highest BCUT2D eigenvalue weighted by atomic mass is 16.6. The van der Waals surface area contributed by atoms with Crippen LogP contribution in [0.1, 0.15) is 40.0 Å². The number of piperidine rings is 1. The third-order valence-corrected chi connectivity index (χ3v) is 3.33. The van der Waals surface area contributed by atoms with E-state index in [0.29, 0.717) is 18.8 Å². The van der Waals surface area contributed by atoms with E-state index >= 15 is 0 Å². The average molecular weight is 303 g/mol. The van der Waals surface area contributed by atoms with E-state index < -0.39 is 11.7 Å². The Hall–Kier alpha value is -2.04. The van der Waals surface area contributed by atoms with E-state index in [0.717, 1.165) is 24.2 Å². The maximum atomic E-state index is 12.8. The van der Waals surface area contributed by atoms with Crippen molar-refractivity contribution < 1.29 is 14.3 Å². The Labute approximate surface area is 131 Å². The smallest absolute Gasteiger partial charge is 0.423 e. The summed E-state index contributed by atoms with van der Waals surface area (Å²) < 4.78 is 5.39. The van der Waals surface area contributed by atoms with Crippen LogP contribution < -0.4 is 4.90 Å². The highest BCUT2D eigenvalue weighted by Gasteiger charge is 2.32. The average Bonchev–Trinajstić information content (AvgIpc) is 2.47. The number of imide groups is 1. The normalized spacial score (nSPS) is 15.3. The molecule has 0 aliphatic carbocycles. The molecule has 3 amide bonds. The SMILES string of the molecule is CC(C)(C)OC(=O)N(C(=O)N1CCCCC1)c1[c]cccc1. The van der Waals surface area contributed by atoms with Crippen molar-refractivity contribution in [3.8, 4) is 0 Å². The number of nitrogens with zero attached hydrogens (tertiary/aromatic N) is 2. The second-order valence-corrected chi connectivity index (χ2v) is 6.39. The second-order valence-electron chi connectivity index (χ2n) is 6.39. The summed E-state index contributed by atoms with van der Waals surface area (Å²) in [5.41, 5.74) is -0.251. The lowest BCUT2D eigenvalue weighted by atomic mass is 10.1. The van der Waals surface area contributed by atoms with Gasteiger partial charge in [-0.05, 0) is 46.1 Å². The lowest BCUT2D eigenvalue weighted by Crippen LogP contribution is -2.49. The molecule has 5 heteroatoms. The number of carbonyl (C=O) groups excluding carboxylic acids is 2. The van der Waals surface area contributed by atoms with Crippen molar-refractivity contribution in [2.75, 3.05) is 18.0 Å². The van der Waals surface area contributed by atoms with Gasteiger partial charge in [0.05, 0.1) is 5.69 Å². The third-order valence-electron chi connectivity index (χ3n) is 3.33. The maximum absolute atomic E-state index is 12.8. The number of anilines is 1. The van der Waals surface area contributed by atoms with Gasteiger partial charge >= 0.3 is 12.1 Å². The van der Waals surface area contributed by atoms with E-state index in [-0.39, 0.29) is 6.03 Å². The van der Waals surface area contributed by atoms with Crippen molar-refractivity contribution in [3.63, 3.8) is 0 Å². The molecule has 22 heavy (non-hydrogen) atoms. The number of amides is 3. The zero-order valence-electron chi connectivity index (χ0n) is 13.5. The quantitative estimate of drug-likeness (QED) is 0.792. The summed E-state index contributed by atoms with van der Waals surface area (Å²) in [5, 5.41) is 0. The summed E-state index contributed by atoms with van der Waals surface area (Å²) >= 11 is 0. The summed E-state index contributed by atoms with van der Waals surface area (Å²) in [6.45, 7) is 6.69. The van der Waals surface area contributed by atoms with Crippen LogP contribution in [0.25, 0.3) is 0 Å². The maximum Gasteiger partial charge on any atom is 0.423 e. The standard InChI is InChI=1S/C17H23N2O3/c1-17(2,3)22-16(21)19(14-10-6-4-7-11-14)15(20)18-12-8-5-9-13-18/h4,6-7,10H,5,8-9,12-13H2,1-3H3. The molecule has 1 fully saturated rings. The number of likely N-dealkylation sites (tertiary alicyclic amines) is 1. The fraction of sp³-hybridized carbons (Fsp3) is 0.529. The van der Waals surface area contributed by atoms with Crippen molar-refractivity contribution in [2.45, 2.75) is 45.6 Å². The van der Waals surface area contributed by atoms with Crippen molar-refractivity contribution >= 4 is 17.8 Å². The fourth-order valence-electron chi connectivity index (χ4n) is 2.34. The van der Waals surface area contributed by atoms with E-state index in [1.54, 1.807) is 49.9 Å². The van der Waals surface area contributed by atoms with E-state index in [9.17, 15) is 9.59 Å². The summed E-state index contributed by atoms with van der Waals surface area (Å²) in [6, 6.07) is 9.52. The number of benzene rings is 1. The zero-order chi connectivity index (χ0) is 16.2. The molecule has 119 valence electrons. The first kappa shape index (κ1) is 16.3. The molecule has 0 spiro atoms. The number of carbonyl (C=O) groups is 2. The minimum Gasteiger partial charge on any atom is -0.443 e. The molecule has 2 rings (SSSR count). The summed E-state index contributed by atoms with van der Waals surface area (Å²) in [7, 11) is 0. The number of para-hydroxylation sites is 1. The minimum atomic E-state index is -0.662. The van der Waals surface area contributed by atoms with Gasteiger partial charge in [0, 0.05) is 19.2 Å². The Kier molecular flexibility index (Phi) is 5.06. The predicted molar refractivity (Wildman–Crippen MR) is 84.8 cm³/mol. The highest BCUT2D eigenvalue weighted by molar-refractivity contribution is 6.11. The number of hydrogen-bond acceptors (Lipinski definition) is 3. The Morgan fingerprint density at radius 2 is 1.86 bits per heavy atom. The van der Waals surface area contributed by atoms with Crippen LogP contribution in [-0.2, 0) is 4.74 Å². The lowest BCUT2D eigenvalue weighted by Gasteiger charge is -2.32. The number of rotatable bonds is 1. The van der Waals surface area contributed by atoms with Crippen LogP contribution in [-0.4, -0.2) is 35.7 Å². The van der Waals surface area contributed by atoms with Crippen LogP contribution in [0.2, 0.25) is 0 Å². The molecule has 0 atom stereocenters. The Morgan fingerprint density at radius 1 is 1.18 bits per heavy atom. The fourth-order valence-corrected chi connectivity index (χ4v) is 2.34. The van der Waals surface area contributed by atoms with Crippen molar-refractivity contribution in [1.29, 1.82) is 0 Å². The van der Waals surface area contributed by atoms with Gasteiger partial charge in [0.15, 0.2) is 0 Å². The van der Waals surface area contributed by atoms with Gasteiger partial charge in [-0.2, -0.15) is 4.90 Å². The molecule has 0 N–H and O–H groups in total. The van der Waals surface area contributed by atoms with Crippen LogP contribution >= 0.6 is 0 Å². The van der Waals surface area contributed by atoms with Crippen molar-refractivity contribution in [1.82, 2.24) is 4.90 Å². The summed E-state index contributed by atoms with van der Waals surface area (Å²) in [4.78, 5) is 28.0. The first-order valence-corrected chi connectivity index (χ1v) is 7.67. The van der Waals surface area contributed by atoms with Crippen LogP contribution in [0, 0.1) is 6.07 Å².